The van der Waals surface area contributed by atoms with Crippen molar-refractivity contribution in [3.63, 3.8) is 0 Å². The molecule has 0 aromatic heterocycles. The lowest BCUT2D eigenvalue weighted by molar-refractivity contribution is 0.415. The van der Waals surface area contributed by atoms with Gasteiger partial charge in [-0.15, -0.1) is 0 Å². The van der Waals surface area contributed by atoms with Gasteiger partial charge in [-0.25, -0.2) is 13.6 Å². The quantitative estimate of drug-likeness (QED) is 0.947. The molecule has 2 aromatic rings. The van der Waals surface area contributed by atoms with Crippen molar-refractivity contribution in [2.24, 2.45) is 5.14 Å². The Morgan fingerprint density at radius 3 is 2.11 bits per heavy atom. The van der Waals surface area contributed by atoms with Gasteiger partial charge in [0.1, 0.15) is 10.6 Å². The summed E-state index contributed by atoms with van der Waals surface area (Å²) in [5.41, 5.74) is 1.71. The Labute approximate surface area is 116 Å². The molecule has 0 aliphatic heterocycles. The molecule has 0 aliphatic carbocycles. The second kappa shape index (κ2) is 5.21. The fourth-order valence-electron chi connectivity index (χ4n) is 1.69. The second-order valence-corrected chi connectivity index (χ2v) is 5.86. The molecule has 2 rings (SSSR count). The molecule has 0 fully saturated rings. The van der Waals surface area contributed by atoms with Crippen molar-refractivity contribution in [1.29, 1.82) is 0 Å². The first-order valence-electron chi connectivity index (χ1n) is 5.38. The number of methoxy groups -OCH3 is 1. The van der Waals surface area contributed by atoms with Gasteiger partial charge in [-0.05, 0) is 35.4 Å². The molecule has 0 unspecified atom stereocenters. The van der Waals surface area contributed by atoms with Crippen LogP contribution in [0.3, 0.4) is 0 Å². The van der Waals surface area contributed by atoms with Crippen LogP contribution in [0.1, 0.15) is 0 Å². The Balaban J connectivity index is 2.44. The molecule has 0 bridgehead atoms. The van der Waals surface area contributed by atoms with Gasteiger partial charge in [0, 0.05) is 0 Å². The molecule has 2 aromatic carbocycles. The largest absolute Gasteiger partial charge is 0.497 e. The topological polar surface area (TPSA) is 69.4 Å². The summed E-state index contributed by atoms with van der Waals surface area (Å²) in [6.45, 7) is 0. The van der Waals surface area contributed by atoms with Crippen molar-refractivity contribution < 1.29 is 13.2 Å². The predicted octanol–water partition coefficient (Wildman–Crippen LogP) is 2.66. The maximum absolute atomic E-state index is 11.3. The van der Waals surface area contributed by atoms with Gasteiger partial charge >= 0.3 is 0 Å². The van der Waals surface area contributed by atoms with E-state index in [1.165, 1.54) is 6.07 Å². The molecule has 0 spiro atoms. The zero-order valence-corrected chi connectivity index (χ0v) is 11.7. The predicted molar refractivity (Wildman–Crippen MR) is 74.8 cm³/mol. The van der Waals surface area contributed by atoms with E-state index in [1.54, 1.807) is 19.2 Å². The van der Waals surface area contributed by atoms with Crippen LogP contribution in [0.15, 0.2) is 47.4 Å². The summed E-state index contributed by atoms with van der Waals surface area (Å²) < 4.78 is 27.6. The highest BCUT2D eigenvalue weighted by atomic mass is 35.5. The first-order valence-corrected chi connectivity index (χ1v) is 7.31. The Hall–Kier alpha value is -1.56. The van der Waals surface area contributed by atoms with Gasteiger partial charge in [-0.1, -0.05) is 29.8 Å². The molecule has 0 amide bonds. The van der Waals surface area contributed by atoms with Gasteiger partial charge in [0.2, 0.25) is 10.0 Å². The molecular weight excluding hydrogens is 286 g/mol. The highest BCUT2D eigenvalue weighted by molar-refractivity contribution is 7.89. The number of primary sulfonamides is 1. The molecular formula is C13H12ClNO3S. The second-order valence-electron chi connectivity index (χ2n) is 3.92. The van der Waals surface area contributed by atoms with E-state index in [0.29, 0.717) is 0 Å². The van der Waals surface area contributed by atoms with Crippen LogP contribution in [0.4, 0.5) is 0 Å². The molecule has 2 N–H and O–H groups in total. The van der Waals surface area contributed by atoms with Gasteiger partial charge < -0.3 is 4.74 Å². The first-order chi connectivity index (χ1) is 8.91. The number of hydrogen-bond acceptors (Lipinski definition) is 3. The summed E-state index contributed by atoms with van der Waals surface area (Å²) in [7, 11) is -2.21. The summed E-state index contributed by atoms with van der Waals surface area (Å²) in [5, 5.41) is 5.16. The number of nitrogens with two attached hydrogens (primary N) is 1. The van der Waals surface area contributed by atoms with Crippen LogP contribution in [0.25, 0.3) is 11.1 Å². The van der Waals surface area contributed by atoms with Gasteiger partial charge in [0.25, 0.3) is 0 Å². The Kier molecular flexibility index (Phi) is 3.80. The van der Waals surface area contributed by atoms with Gasteiger partial charge in [-0.3, -0.25) is 0 Å². The normalized spacial score (nSPS) is 11.3. The van der Waals surface area contributed by atoms with Crippen LogP contribution in [0.2, 0.25) is 5.02 Å². The van der Waals surface area contributed by atoms with Crippen LogP contribution in [0, 0.1) is 0 Å². The van der Waals surface area contributed by atoms with E-state index in [4.69, 9.17) is 21.5 Å². The van der Waals surface area contributed by atoms with Crippen molar-refractivity contribution in [3.8, 4) is 16.9 Å². The van der Waals surface area contributed by atoms with E-state index in [9.17, 15) is 8.42 Å². The number of hydrogen-bond donors (Lipinski definition) is 1. The summed E-state index contributed by atoms with van der Waals surface area (Å²) in [6.07, 6.45) is 0. The molecule has 6 heteroatoms. The summed E-state index contributed by atoms with van der Waals surface area (Å²) in [4.78, 5) is -0.0774. The summed E-state index contributed by atoms with van der Waals surface area (Å²) in [5.74, 6) is 0.746. The standard InChI is InChI=1S/C13H12ClNO3S/c1-18-11-5-2-9(3-6-11)10-4-7-13(12(14)8-10)19(15,16)17/h2-8H,1H3,(H2,15,16,17). The number of benzene rings is 2. The molecule has 100 valence electrons. The number of rotatable bonds is 3. The van der Waals surface area contributed by atoms with Crippen LogP contribution in [-0.2, 0) is 10.0 Å². The minimum atomic E-state index is -3.80. The Morgan fingerprint density at radius 1 is 1.05 bits per heavy atom. The highest BCUT2D eigenvalue weighted by Gasteiger charge is 2.13. The van der Waals surface area contributed by atoms with E-state index in [2.05, 4.69) is 0 Å². The average molecular weight is 298 g/mol. The molecule has 19 heavy (non-hydrogen) atoms. The maximum Gasteiger partial charge on any atom is 0.239 e. The van der Waals surface area contributed by atoms with Crippen LogP contribution in [-0.4, -0.2) is 15.5 Å². The Bertz CT molecular complexity index is 696. The maximum atomic E-state index is 11.3. The molecule has 0 aliphatic rings. The third-order valence-corrected chi connectivity index (χ3v) is 4.06. The van der Waals surface area contributed by atoms with E-state index < -0.39 is 10.0 Å². The lowest BCUT2D eigenvalue weighted by Gasteiger charge is -2.07. The van der Waals surface area contributed by atoms with E-state index in [0.717, 1.165) is 16.9 Å². The smallest absolute Gasteiger partial charge is 0.239 e. The molecule has 0 atom stereocenters. The van der Waals surface area contributed by atoms with Crippen LogP contribution in [0.5, 0.6) is 5.75 Å². The van der Waals surface area contributed by atoms with Crippen LogP contribution < -0.4 is 9.88 Å². The van der Waals surface area contributed by atoms with Crippen molar-refractivity contribution in [2.75, 3.05) is 7.11 Å². The monoisotopic (exact) mass is 297 g/mol. The minimum absolute atomic E-state index is 0.0774. The number of sulfonamides is 1. The third-order valence-electron chi connectivity index (χ3n) is 2.66. The first kappa shape index (κ1) is 13.9. The Morgan fingerprint density at radius 2 is 1.63 bits per heavy atom. The minimum Gasteiger partial charge on any atom is -0.497 e. The molecule has 0 saturated heterocycles. The van der Waals surface area contributed by atoms with Crippen LogP contribution >= 0.6 is 11.6 Å². The van der Waals surface area contributed by atoms with E-state index in [-0.39, 0.29) is 9.92 Å². The zero-order chi connectivity index (χ0) is 14.0. The van der Waals surface area contributed by atoms with Crippen molar-refractivity contribution >= 4 is 21.6 Å². The van der Waals surface area contributed by atoms with Gasteiger partial charge in [-0.2, -0.15) is 0 Å². The van der Waals surface area contributed by atoms with Gasteiger partial charge in [0.15, 0.2) is 0 Å². The summed E-state index contributed by atoms with van der Waals surface area (Å²) >= 11 is 5.94. The number of halogens is 1. The zero-order valence-electron chi connectivity index (χ0n) is 10.1. The van der Waals surface area contributed by atoms with Crippen molar-refractivity contribution in [3.05, 3.63) is 47.5 Å². The fourth-order valence-corrected chi connectivity index (χ4v) is 2.79. The van der Waals surface area contributed by atoms with Crippen molar-refractivity contribution in [1.82, 2.24) is 0 Å². The molecule has 0 radical (unpaired) electrons. The summed E-state index contributed by atoms with van der Waals surface area (Å²) in [6, 6.07) is 12.0. The number of ether oxygens (including phenoxy) is 1. The SMILES string of the molecule is COc1ccc(-c2ccc(S(N)(=O)=O)c(Cl)c2)cc1. The van der Waals surface area contributed by atoms with Crippen molar-refractivity contribution in [2.45, 2.75) is 4.90 Å². The highest BCUT2D eigenvalue weighted by Crippen LogP contribution is 2.28. The van der Waals surface area contributed by atoms with E-state index in [1.807, 2.05) is 24.3 Å². The molecule has 4 nitrogen and oxygen atoms in total. The lowest BCUT2D eigenvalue weighted by atomic mass is 10.1. The average Bonchev–Trinajstić information content (AvgIpc) is 2.37. The fraction of sp³-hybridized carbons (Fsp3) is 0.0769. The lowest BCUT2D eigenvalue weighted by Crippen LogP contribution is -2.12. The van der Waals surface area contributed by atoms with Gasteiger partial charge in [0.05, 0.1) is 12.1 Å². The third kappa shape index (κ3) is 3.07. The molecule has 0 saturated carbocycles. The molecule has 0 heterocycles. The van der Waals surface area contributed by atoms with E-state index >= 15 is 0 Å².